The minimum Gasteiger partial charge on any atom is -0.399 e. The van der Waals surface area contributed by atoms with Crippen molar-refractivity contribution < 1.29 is 9.90 Å². The van der Waals surface area contributed by atoms with Gasteiger partial charge in [0.05, 0.1) is 6.61 Å². The van der Waals surface area contributed by atoms with Gasteiger partial charge in [0.1, 0.15) is 0 Å². The van der Waals surface area contributed by atoms with Gasteiger partial charge in [-0.1, -0.05) is 6.07 Å². The second kappa shape index (κ2) is 5.21. The van der Waals surface area contributed by atoms with Crippen LogP contribution in [0.2, 0.25) is 0 Å². The lowest BCUT2D eigenvalue weighted by Crippen LogP contribution is -2.31. The standard InChI is InChI=1S/C10H15N3O2/c1-7-2-3-8(11)6-9(7)13-10(15)12-4-5-14/h2-3,6,14H,4-5,11H2,1H3,(H2,12,13,15). The number of anilines is 2. The van der Waals surface area contributed by atoms with Gasteiger partial charge in [0.25, 0.3) is 0 Å². The maximum atomic E-state index is 11.3. The van der Waals surface area contributed by atoms with Gasteiger partial charge in [0.15, 0.2) is 0 Å². The summed E-state index contributed by atoms with van der Waals surface area (Å²) in [5.41, 5.74) is 7.79. The predicted molar refractivity (Wildman–Crippen MR) is 59.7 cm³/mol. The molecule has 0 atom stereocenters. The molecule has 0 fully saturated rings. The highest BCUT2D eigenvalue weighted by Gasteiger charge is 2.03. The number of nitrogen functional groups attached to an aromatic ring is 1. The second-order valence-corrected chi connectivity index (χ2v) is 3.18. The highest BCUT2D eigenvalue weighted by molar-refractivity contribution is 5.90. The van der Waals surface area contributed by atoms with Crippen molar-refractivity contribution in [2.75, 3.05) is 24.2 Å². The summed E-state index contributed by atoms with van der Waals surface area (Å²) in [6.07, 6.45) is 0. The molecule has 1 aromatic rings. The average molecular weight is 209 g/mol. The minimum absolute atomic E-state index is 0.0800. The molecule has 1 rings (SSSR count). The normalized spacial score (nSPS) is 9.73. The van der Waals surface area contributed by atoms with E-state index in [0.29, 0.717) is 11.4 Å². The molecule has 1 aromatic carbocycles. The lowest BCUT2D eigenvalue weighted by molar-refractivity contribution is 0.245. The van der Waals surface area contributed by atoms with E-state index in [-0.39, 0.29) is 19.2 Å². The number of urea groups is 1. The number of carbonyl (C=O) groups excluding carboxylic acids is 1. The predicted octanol–water partition coefficient (Wildman–Crippen LogP) is 0.691. The maximum Gasteiger partial charge on any atom is 0.319 e. The Hall–Kier alpha value is -1.75. The van der Waals surface area contributed by atoms with Crippen LogP contribution in [0.1, 0.15) is 5.56 Å². The van der Waals surface area contributed by atoms with Gasteiger partial charge < -0.3 is 21.5 Å². The number of benzene rings is 1. The molecule has 0 saturated heterocycles. The van der Waals surface area contributed by atoms with E-state index in [1.807, 2.05) is 13.0 Å². The van der Waals surface area contributed by atoms with Gasteiger partial charge in [-0.2, -0.15) is 0 Å². The number of aliphatic hydroxyl groups excluding tert-OH is 1. The molecule has 0 aliphatic rings. The van der Waals surface area contributed by atoms with Crippen molar-refractivity contribution in [2.24, 2.45) is 0 Å². The molecule has 5 nitrogen and oxygen atoms in total. The topological polar surface area (TPSA) is 87.4 Å². The fraction of sp³-hybridized carbons (Fsp3) is 0.300. The van der Waals surface area contributed by atoms with Crippen molar-refractivity contribution in [1.82, 2.24) is 5.32 Å². The maximum absolute atomic E-state index is 11.3. The van der Waals surface area contributed by atoms with E-state index in [2.05, 4.69) is 10.6 Å². The first-order valence-corrected chi connectivity index (χ1v) is 4.65. The summed E-state index contributed by atoms with van der Waals surface area (Å²) in [4.78, 5) is 11.3. The number of carbonyl (C=O) groups is 1. The monoisotopic (exact) mass is 209 g/mol. The van der Waals surface area contributed by atoms with Gasteiger partial charge in [-0.05, 0) is 24.6 Å². The molecule has 0 radical (unpaired) electrons. The van der Waals surface area contributed by atoms with E-state index >= 15 is 0 Å². The van der Waals surface area contributed by atoms with Crippen LogP contribution in [0, 0.1) is 6.92 Å². The molecule has 5 heteroatoms. The van der Waals surface area contributed by atoms with Crippen LogP contribution in [0.4, 0.5) is 16.2 Å². The Morgan fingerprint density at radius 2 is 2.27 bits per heavy atom. The Morgan fingerprint density at radius 3 is 2.93 bits per heavy atom. The number of amides is 2. The summed E-state index contributed by atoms with van der Waals surface area (Å²) < 4.78 is 0. The number of hydrogen-bond donors (Lipinski definition) is 4. The molecule has 0 aliphatic carbocycles. The molecule has 0 heterocycles. The number of aryl methyl sites for hydroxylation is 1. The SMILES string of the molecule is Cc1ccc(N)cc1NC(=O)NCCO. The van der Waals surface area contributed by atoms with Gasteiger partial charge in [0, 0.05) is 17.9 Å². The summed E-state index contributed by atoms with van der Waals surface area (Å²) in [6, 6.07) is 4.94. The Kier molecular flexibility index (Phi) is 3.93. The number of nitrogens with one attached hydrogen (secondary N) is 2. The molecule has 0 spiro atoms. The van der Waals surface area contributed by atoms with E-state index in [1.165, 1.54) is 0 Å². The van der Waals surface area contributed by atoms with Crippen molar-refractivity contribution in [3.05, 3.63) is 23.8 Å². The van der Waals surface area contributed by atoms with Crippen molar-refractivity contribution >= 4 is 17.4 Å². The third kappa shape index (κ3) is 3.47. The zero-order valence-electron chi connectivity index (χ0n) is 8.58. The minimum atomic E-state index is -0.349. The third-order valence-electron chi connectivity index (χ3n) is 1.91. The zero-order valence-corrected chi connectivity index (χ0v) is 8.58. The van der Waals surface area contributed by atoms with Crippen LogP contribution in [0.15, 0.2) is 18.2 Å². The first-order chi connectivity index (χ1) is 7.13. The molecule has 0 aliphatic heterocycles. The lowest BCUT2D eigenvalue weighted by Gasteiger charge is -2.09. The quantitative estimate of drug-likeness (QED) is 0.552. The van der Waals surface area contributed by atoms with Crippen LogP contribution in [-0.4, -0.2) is 24.3 Å². The fourth-order valence-electron chi connectivity index (χ4n) is 1.11. The van der Waals surface area contributed by atoms with Gasteiger partial charge in [0.2, 0.25) is 0 Å². The first-order valence-electron chi connectivity index (χ1n) is 4.65. The van der Waals surface area contributed by atoms with E-state index < -0.39 is 0 Å². The summed E-state index contributed by atoms with van der Waals surface area (Å²) >= 11 is 0. The van der Waals surface area contributed by atoms with Gasteiger partial charge in [-0.3, -0.25) is 0 Å². The first kappa shape index (κ1) is 11.3. The molecule has 0 saturated carbocycles. The van der Waals surface area contributed by atoms with Crippen molar-refractivity contribution in [2.45, 2.75) is 6.92 Å². The van der Waals surface area contributed by atoms with Crippen LogP contribution in [0.3, 0.4) is 0 Å². The van der Waals surface area contributed by atoms with E-state index in [1.54, 1.807) is 12.1 Å². The third-order valence-corrected chi connectivity index (χ3v) is 1.91. The van der Waals surface area contributed by atoms with Crippen LogP contribution in [0.25, 0.3) is 0 Å². The van der Waals surface area contributed by atoms with Gasteiger partial charge >= 0.3 is 6.03 Å². The molecule has 5 N–H and O–H groups in total. The summed E-state index contributed by atoms with van der Waals surface area (Å²) in [7, 11) is 0. The highest BCUT2D eigenvalue weighted by Crippen LogP contribution is 2.17. The summed E-state index contributed by atoms with van der Waals surface area (Å²) in [5.74, 6) is 0. The molecule has 0 aromatic heterocycles. The molecule has 15 heavy (non-hydrogen) atoms. The van der Waals surface area contributed by atoms with Crippen LogP contribution >= 0.6 is 0 Å². The number of hydrogen-bond acceptors (Lipinski definition) is 3. The summed E-state index contributed by atoms with van der Waals surface area (Å²) in [6.45, 7) is 2.03. The second-order valence-electron chi connectivity index (χ2n) is 3.18. The van der Waals surface area contributed by atoms with E-state index in [0.717, 1.165) is 5.56 Å². The number of aliphatic hydroxyl groups is 1. The Labute approximate surface area is 88.3 Å². The Morgan fingerprint density at radius 1 is 1.53 bits per heavy atom. The summed E-state index contributed by atoms with van der Waals surface area (Å²) in [5, 5.41) is 13.6. The zero-order chi connectivity index (χ0) is 11.3. The number of nitrogens with two attached hydrogens (primary N) is 1. The molecule has 0 bridgehead atoms. The largest absolute Gasteiger partial charge is 0.399 e. The molecule has 0 unspecified atom stereocenters. The molecule has 2 amide bonds. The fourth-order valence-corrected chi connectivity index (χ4v) is 1.11. The smallest absolute Gasteiger partial charge is 0.319 e. The Balaban J connectivity index is 2.63. The van der Waals surface area contributed by atoms with Crippen molar-refractivity contribution in [1.29, 1.82) is 0 Å². The van der Waals surface area contributed by atoms with E-state index in [4.69, 9.17) is 10.8 Å². The number of rotatable bonds is 3. The van der Waals surface area contributed by atoms with Crippen LogP contribution < -0.4 is 16.4 Å². The molecule has 82 valence electrons. The molecular formula is C10H15N3O2. The van der Waals surface area contributed by atoms with Crippen molar-refractivity contribution in [3.8, 4) is 0 Å². The van der Waals surface area contributed by atoms with Crippen LogP contribution in [-0.2, 0) is 0 Å². The van der Waals surface area contributed by atoms with Gasteiger partial charge in [-0.15, -0.1) is 0 Å². The highest BCUT2D eigenvalue weighted by atomic mass is 16.3. The lowest BCUT2D eigenvalue weighted by atomic mass is 10.2. The molecular weight excluding hydrogens is 194 g/mol. The van der Waals surface area contributed by atoms with E-state index in [9.17, 15) is 4.79 Å². The van der Waals surface area contributed by atoms with Gasteiger partial charge in [-0.25, -0.2) is 4.79 Å². The van der Waals surface area contributed by atoms with Crippen LogP contribution in [0.5, 0.6) is 0 Å². The Bertz CT molecular complexity index is 353. The average Bonchev–Trinajstić information content (AvgIpc) is 2.20. The van der Waals surface area contributed by atoms with Crippen molar-refractivity contribution in [3.63, 3.8) is 0 Å².